The van der Waals surface area contributed by atoms with Gasteiger partial charge in [0.05, 0.1) is 0 Å². The van der Waals surface area contributed by atoms with Crippen LogP contribution >= 0.6 is 27.3 Å². The fourth-order valence-corrected chi connectivity index (χ4v) is 4.59. The number of benzene rings is 2. The summed E-state index contributed by atoms with van der Waals surface area (Å²) in [4.78, 5) is 0. The molecule has 0 bridgehead atoms. The van der Waals surface area contributed by atoms with Gasteiger partial charge in [0.1, 0.15) is 0 Å². The molecule has 0 radical (unpaired) electrons. The number of fused-ring (bicyclic) bond motifs is 1. The fourth-order valence-electron chi connectivity index (χ4n) is 2.97. The first-order chi connectivity index (χ1) is 11.3. The molecule has 0 aliphatic carbocycles. The highest BCUT2D eigenvalue weighted by Crippen LogP contribution is 2.33. The lowest BCUT2D eigenvalue weighted by Crippen LogP contribution is -1.86. The molecular formula is C21H23BrS. The molecule has 0 aliphatic rings. The summed E-state index contributed by atoms with van der Waals surface area (Å²) in [6, 6.07) is 15.9. The van der Waals surface area contributed by atoms with Crippen LogP contribution in [0.4, 0.5) is 0 Å². The monoisotopic (exact) mass is 386 g/mol. The van der Waals surface area contributed by atoms with Gasteiger partial charge in [0.25, 0.3) is 0 Å². The molecule has 0 saturated carbocycles. The third kappa shape index (κ3) is 4.24. The molecule has 0 fully saturated rings. The predicted octanol–water partition coefficient (Wildman–Crippen LogP) is 7.84. The Labute approximate surface area is 151 Å². The second-order valence-electron chi connectivity index (χ2n) is 6.16. The summed E-state index contributed by atoms with van der Waals surface area (Å²) in [5, 5.41) is 3.47. The Hall–Kier alpha value is -1.12. The van der Waals surface area contributed by atoms with Crippen LogP contribution in [-0.2, 0) is 6.42 Å². The van der Waals surface area contributed by atoms with Gasteiger partial charge in [0, 0.05) is 19.9 Å². The molecule has 0 amide bonds. The second-order valence-corrected chi connectivity index (χ2v) is 7.92. The van der Waals surface area contributed by atoms with Gasteiger partial charge in [-0.15, -0.1) is 11.3 Å². The lowest BCUT2D eigenvalue weighted by Gasteiger charge is -2.05. The van der Waals surface area contributed by atoms with E-state index in [2.05, 4.69) is 70.7 Å². The van der Waals surface area contributed by atoms with Gasteiger partial charge in [-0.3, -0.25) is 0 Å². The van der Waals surface area contributed by atoms with Gasteiger partial charge in [0.2, 0.25) is 0 Å². The molecule has 0 atom stereocenters. The standard InChI is InChI=1S/C21H23BrS/c1-2-3-4-5-6-7-16-8-10-17(11-9-16)18-12-13-19-20(22)15-23-21(19)14-18/h8-15H,2-7H2,1H3. The average Bonchev–Trinajstić information content (AvgIpc) is 2.96. The molecule has 0 N–H and O–H groups in total. The maximum absolute atomic E-state index is 3.61. The van der Waals surface area contributed by atoms with Crippen molar-refractivity contribution in [3.63, 3.8) is 0 Å². The zero-order valence-electron chi connectivity index (χ0n) is 13.6. The zero-order valence-corrected chi connectivity index (χ0v) is 16.1. The highest BCUT2D eigenvalue weighted by atomic mass is 79.9. The molecule has 0 spiro atoms. The van der Waals surface area contributed by atoms with E-state index in [0.29, 0.717) is 0 Å². The van der Waals surface area contributed by atoms with Crippen LogP contribution < -0.4 is 0 Å². The van der Waals surface area contributed by atoms with Crippen LogP contribution in [0, 0.1) is 0 Å². The Kier molecular flexibility index (Phi) is 5.91. The van der Waals surface area contributed by atoms with Gasteiger partial charge in [-0.2, -0.15) is 0 Å². The van der Waals surface area contributed by atoms with Crippen molar-refractivity contribution in [2.75, 3.05) is 0 Å². The maximum atomic E-state index is 3.61. The Morgan fingerprint density at radius 1 is 0.870 bits per heavy atom. The molecule has 1 aromatic heterocycles. The van der Waals surface area contributed by atoms with Gasteiger partial charge >= 0.3 is 0 Å². The van der Waals surface area contributed by atoms with Crippen molar-refractivity contribution >= 4 is 37.4 Å². The third-order valence-corrected chi connectivity index (χ3v) is 6.29. The van der Waals surface area contributed by atoms with Crippen molar-refractivity contribution in [3.05, 3.63) is 57.9 Å². The van der Waals surface area contributed by atoms with Gasteiger partial charge in [0.15, 0.2) is 0 Å². The van der Waals surface area contributed by atoms with Crippen molar-refractivity contribution in [2.24, 2.45) is 0 Å². The first-order valence-electron chi connectivity index (χ1n) is 8.54. The van der Waals surface area contributed by atoms with E-state index in [1.54, 1.807) is 11.3 Å². The quantitative estimate of drug-likeness (QED) is 0.362. The molecule has 1 heterocycles. The van der Waals surface area contributed by atoms with E-state index in [0.717, 1.165) is 0 Å². The summed E-state index contributed by atoms with van der Waals surface area (Å²) in [7, 11) is 0. The number of rotatable bonds is 7. The van der Waals surface area contributed by atoms with Gasteiger partial charge in [-0.25, -0.2) is 0 Å². The summed E-state index contributed by atoms with van der Waals surface area (Å²) in [6.45, 7) is 2.27. The van der Waals surface area contributed by atoms with E-state index in [4.69, 9.17) is 0 Å². The number of hydrogen-bond donors (Lipinski definition) is 0. The minimum Gasteiger partial charge on any atom is -0.143 e. The first-order valence-corrected chi connectivity index (χ1v) is 10.2. The smallest absolute Gasteiger partial charge is 0.0361 e. The zero-order chi connectivity index (χ0) is 16.1. The van der Waals surface area contributed by atoms with Crippen molar-refractivity contribution in [1.29, 1.82) is 0 Å². The molecular weight excluding hydrogens is 364 g/mol. The molecule has 0 nitrogen and oxygen atoms in total. The summed E-state index contributed by atoms with van der Waals surface area (Å²) < 4.78 is 2.54. The summed E-state index contributed by atoms with van der Waals surface area (Å²) in [5.41, 5.74) is 4.08. The maximum Gasteiger partial charge on any atom is 0.0361 e. The van der Waals surface area contributed by atoms with E-state index >= 15 is 0 Å². The molecule has 0 saturated heterocycles. The summed E-state index contributed by atoms with van der Waals surface area (Å²) in [5.74, 6) is 0. The minimum atomic E-state index is 1.20. The second kappa shape index (κ2) is 8.12. The Morgan fingerprint density at radius 3 is 2.39 bits per heavy atom. The SMILES string of the molecule is CCCCCCCc1ccc(-c2ccc3c(Br)csc3c2)cc1. The normalized spacial score (nSPS) is 11.2. The van der Waals surface area contributed by atoms with Gasteiger partial charge in [-0.1, -0.05) is 69.0 Å². The molecule has 0 aliphatic heterocycles. The van der Waals surface area contributed by atoms with Crippen LogP contribution in [0.2, 0.25) is 0 Å². The van der Waals surface area contributed by atoms with Crippen LogP contribution in [0.3, 0.4) is 0 Å². The Morgan fingerprint density at radius 2 is 1.61 bits per heavy atom. The first kappa shape index (κ1) is 16.7. The van der Waals surface area contributed by atoms with Crippen LogP contribution in [0.1, 0.15) is 44.6 Å². The number of unbranched alkanes of at least 4 members (excludes halogenated alkanes) is 4. The van der Waals surface area contributed by atoms with Crippen molar-refractivity contribution in [1.82, 2.24) is 0 Å². The highest BCUT2D eigenvalue weighted by molar-refractivity contribution is 9.10. The number of thiophene rings is 1. The third-order valence-electron chi connectivity index (χ3n) is 4.38. The number of aryl methyl sites for hydroxylation is 1. The van der Waals surface area contributed by atoms with Crippen molar-refractivity contribution < 1.29 is 0 Å². The predicted molar refractivity (Wildman–Crippen MR) is 107 cm³/mol. The van der Waals surface area contributed by atoms with Crippen LogP contribution in [0.15, 0.2) is 52.3 Å². The number of halogens is 1. The summed E-state index contributed by atoms with van der Waals surface area (Å²) >= 11 is 5.40. The van der Waals surface area contributed by atoms with Crippen LogP contribution in [0.25, 0.3) is 21.2 Å². The van der Waals surface area contributed by atoms with Gasteiger partial charge < -0.3 is 0 Å². The largest absolute Gasteiger partial charge is 0.143 e. The lowest BCUT2D eigenvalue weighted by molar-refractivity contribution is 0.632. The molecule has 23 heavy (non-hydrogen) atoms. The van der Waals surface area contributed by atoms with Crippen LogP contribution in [0.5, 0.6) is 0 Å². The van der Waals surface area contributed by atoms with E-state index in [1.807, 2.05) is 0 Å². The highest BCUT2D eigenvalue weighted by Gasteiger charge is 2.04. The van der Waals surface area contributed by atoms with Crippen molar-refractivity contribution in [2.45, 2.75) is 45.4 Å². The fraction of sp³-hybridized carbons (Fsp3) is 0.333. The molecule has 120 valence electrons. The minimum absolute atomic E-state index is 1.20. The molecule has 3 aromatic rings. The molecule has 2 aromatic carbocycles. The molecule has 2 heteroatoms. The number of hydrogen-bond acceptors (Lipinski definition) is 1. The molecule has 0 unspecified atom stereocenters. The van der Waals surface area contributed by atoms with Crippen molar-refractivity contribution in [3.8, 4) is 11.1 Å². The average molecular weight is 387 g/mol. The lowest BCUT2D eigenvalue weighted by atomic mass is 10.0. The van der Waals surface area contributed by atoms with E-state index in [9.17, 15) is 0 Å². The van der Waals surface area contributed by atoms with E-state index < -0.39 is 0 Å². The summed E-state index contributed by atoms with van der Waals surface area (Å²) in [6.07, 6.45) is 7.96. The topological polar surface area (TPSA) is 0 Å². The van der Waals surface area contributed by atoms with Crippen LogP contribution in [-0.4, -0.2) is 0 Å². The van der Waals surface area contributed by atoms with E-state index in [-0.39, 0.29) is 0 Å². The van der Waals surface area contributed by atoms with Gasteiger partial charge in [-0.05, 0) is 51.5 Å². The van der Waals surface area contributed by atoms with E-state index in [1.165, 1.54) is 69.8 Å². The molecule has 3 rings (SSSR count). The Bertz CT molecular complexity index is 755. The Balaban J connectivity index is 1.66.